The molecular formula is C12H15BrFNO2. The number of hydrogen-bond acceptors (Lipinski definition) is 2. The van der Waals surface area contributed by atoms with Gasteiger partial charge in [-0.3, -0.25) is 4.79 Å². The number of benzene rings is 1. The maximum Gasteiger partial charge on any atom is 0.313 e. The molecule has 0 radical (unpaired) electrons. The van der Waals surface area contributed by atoms with Crippen molar-refractivity contribution in [2.24, 2.45) is 5.73 Å². The Balaban J connectivity index is 3.17. The van der Waals surface area contributed by atoms with Gasteiger partial charge in [-0.05, 0) is 38.4 Å². The summed E-state index contributed by atoms with van der Waals surface area (Å²) >= 11 is 3.15. The molecule has 0 fully saturated rings. The van der Waals surface area contributed by atoms with Gasteiger partial charge in [0.25, 0.3) is 0 Å². The summed E-state index contributed by atoms with van der Waals surface area (Å²) in [5.41, 5.74) is 4.35. The summed E-state index contributed by atoms with van der Waals surface area (Å²) in [6.45, 7) is 1.92. The lowest BCUT2D eigenvalue weighted by molar-refractivity contribution is -0.143. The quantitative estimate of drug-likeness (QED) is 0.879. The van der Waals surface area contributed by atoms with Crippen LogP contribution in [-0.4, -0.2) is 17.6 Å². The topological polar surface area (TPSA) is 63.3 Å². The van der Waals surface area contributed by atoms with Crippen molar-refractivity contribution in [3.8, 4) is 0 Å². The van der Waals surface area contributed by atoms with E-state index in [9.17, 15) is 14.3 Å². The highest BCUT2D eigenvalue weighted by molar-refractivity contribution is 9.10. The average Bonchev–Trinajstić information content (AvgIpc) is 2.25. The molecule has 0 bridgehead atoms. The first kappa shape index (κ1) is 14.1. The minimum Gasteiger partial charge on any atom is -0.481 e. The molecule has 1 aromatic rings. The molecule has 0 heterocycles. The van der Waals surface area contributed by atoms with E-state index in [0.717, 1.165) is 0 Å². The van der Waals surface area contributed by atoms with Gasteiger partial charge in [0.15, 0.2) is 0 Å². The summed E-state index contributed by atoms with van der Waals surface area (Å²) in [6.07, 6.45) is 0.857. The second kappa shape index (κ2) is 5.60. The first-order valence-corrected chi connectivity index (χ1v) is 6.10. The third-order valence-corrected chi connectivity index (χ3v) is 3.37. The monoisotopic (exact) mass is 303 g/mol. The molecule has 94 valence electrons. The van der Waals surface area contributed by atoms with Crippen LogP contribution in [0, 0.1) is 5.82 Å². The van der Waals surface area contributed by atoms with E-state index in [1.807, 2.05) is 0 Å². The van der Waals surface area contributed by atoms with Crippen LogP contribution in [0.4, 0.5) is 4.39 Å². The number of carboxylic acids is 1. The summed E-state index contributed by atoms with van der Waals surface area (Å²) in [7, 11) is 0. The van der Waals surface area contributed by atoms with Crippen LogP contribution in [0.25, 0.3) is 0 Å². The number of carboxylic acid groups (broad SMARTS) is 1. The first-order chi connectivity index (χ1) is 7.91. The highest BCUT2D eigenvalue weighted by atomic mass is 79.9. The van der Waals surface area contributed by atoms with Gasteiger partial charge >= 0.3 is 5.97 Å². The predicted octanol–water partition coefficient (Wildman–Crippen LogP) is 2.67. The van der Waals surface area contributed by atoms with Gasteiger partial charge in [0.05, 0.1) is 5.41 Å². The Bertz CT molecular complexity index is 425. The molecule has 5 heteroatoms. The van der Waals surface area contributed by atoms with Crippen LogP contribution in [0.2, 0.25) is 0 Å². The fourth-order valence-corrected chi connectivity index (χ4v) is 2.08. The minimum absolute atomic E-state index is 0.196. The third kappa shape index (κ3) is 3.04. The summed E-state index contributed by atoms with van der Waals surface area (Å²) < 4.78 is 14.4. The second-order valence-electron chi connectivity index (χ2n) is 4.15. The van der Waals surface area contributed by atoms with Crippen molar-refractivity contribution in [3.63, 3.8) is 0 Å². The Morgan fingerprint density at radius 3 is 2.71 bits per heavy atom. The number of aliphatic carboxylic acids is 1. The Morgan fingerprint density at radius 1 is 1.59 bits per heavy atom. The molecule has 1 atom stereocenters. The van der Waals surface area contributed by atoms with Crippen molar-refractivity contribution >= 4 is 21.9 Å². The van der Waals surface area contributed by atoms with Crippen LogP contribution < -0.4 is 5.73 Å². The van der Waals surface area contributed by atoms with Crippen LogP contribution in [0.5, 0.6) is 0 Å². The van der Waals surface area contributed by atoms with E-state index < -0.39 is 17.2 Å². The fourth-order valence-electron chi connectivity index (χ4n) is 1.75. The van der Waals surface area contributed by atoms with E-state index in [0.29, 0.717) is 23.9 Å². The molecule has 0 aliphatic heterocycles. The van der Waals surface area contributed by atoms with E-state index in [1.54, 1.807) is 6.07 Å². The molecule has 1 aromatic carbocycles. The lowest BCUT2D eigenvalue weighted by Gasteiger charge is -2.25. The molecule has 3 nitrogen and oxygen atoms in total. The predicted molar refractivity (Wildman–Crippen MR) is 67.4 cm³/mol. The summed E-state index contributed by atoms with van der Waals surface area (Å²) in [6, 6.07) is 4.42. The highest BCUT2D eigenvalue weighted by Crippen LogP contribution is 2.32. The van der Waals surface area contributed by atoms with Crippen LogP contribution >= 0.6 is 15.9 Å². The van der Waals surface area contributed by atoms with E-state index in [2.05, 4.69) is 15.9 Å². The van der Waals surface area contributed by atoms with Gasteiger partial charge in [-0.15, -0.1) is 0 Å². The minimum atomic E-state index is -1.23. The normalized spacial score (nSPS) is 14.4. The molecule has 0 spiro atoms. The first-order valence-electron chi connectivity index (χ1n) is 5.31. The molecule has 1 unspecified atom stereocenters. The maximum absolute atomic E-state index is 13.8. The van der Waals surface area contributed by atoms with Crippen LogP contribution in [-0.2, 0) is 10.2 Å². The Labute approximate surface area is 108 Å². The van der Waals surface area contributed by atoms with Gasteiger partial charge in [-0.25, -0.2) is 4.39 Å². The van der Waals surface area contributed by atoms with Gasteiger partial charge in [-0.1, -0.05) is 22.0 Å². The van der Waals surface area contributed by atoms with Crippen molar-refractivity contribution < 1.29 is 14.3 Å². The van der Waals surface area contributed by atoms with Gasteiger partial charge in [0.1, 0.15) is 5.82 Å². The third-order valence-electron chi connectivity index (χ3n) is 2.88. The van der Waals surface area contributed by atoms with Crippen molar-refractivity contribution in [1.29, 1.82) is 0 Å². The zero-order valence-corrected chi connectivity index (χ0v) is 11.1. The fraction of sp³-hybridized carbons (Fsp3) is 0.417. The Morgan fingerprint density at radius 2 is 2.24 bits per heavy atom. The summed E-state index contributed by atoms with van der Waals surface area (Å²) in [5.74, 6) is -1.55. The van der Waals surface area contributed by atoms with Crippen molar-refractivity contribution in [3.05, 3.63) is 34.1 Å². The van der Waals surface area contributed by atoms with Crippen molar-refractivity contribution in [2.45, 2.75) is 25.2 Å². The van der Waals surface area contributed by atoms with Gasteiger partial charge in [0, 0.05) is 10.0 Å². The largest absolute Gasteiger partial charge is 0.481 e. The van der Waals surface area contributed by atoms with Gasteiger partial charge in [-0.2, -0.15) is 0 Å². The van der Waals surface area contributed by atoms with Crippen LogP contribution in [0.1, 0.15) is 25.3 Å². The highest BCUT2D eigenvalue weighted by Gasteiger charge is 2.36. The number of hydrogen-bond donors (Lipinski definition) is 2. The lowest BCUT2D eigenvalue weighted by Crippen LogP contribution is -2.34. The molecule has 0 saturated heterocycles. The molecule has 0 amide bonds. The van der Waals surface area contributed by atoms with E-state index in [1.165, 1.54) is 19.1 Å². The molecule has 0 saturated carbocycles. The van der Waals surface area contributed by atoms with Crippen molar-refractivity contribution in [2.75, 3.05) is 6.54 Å². The van der Waals surface area contributed by atoms with Gasteiger partial charge in [0.2, 0.25) is 0 Å². The van der Waals surface area contributed by atoms with Crippen LogP contribution in [0.3, 0.4) is 0 Å². The van der Waals surface area contributed by atoms with Crippen molar-refractivity contribution in [1.82, 2.24) is 0 Å². The molecule has 0 aliphatic rings. The lowest BCUT2D eigenvalue weighted by atomic mass is 9.78. The Hall–Kier alpha value is -0.940. The number of carbonyl (C=O) groups is 1. The average molecular weight is 304 g/mol. The number of nitrogens with two attached hydrogens (primary N) is 1. The second-order valence-corrected chi connectivity index (χ2v) is 5.07. The molecule has 0 aromatic heterocycles. The van der Waals surface area contributed by atoms with E-state index >= 15 is 0 Å². The zero-order valence-electron chi connectivity index (χ0n) is 9.54. The smallest absolute Gasteiger partial charge is 0.313 e. The number of rotatable bonds is 5. The molecule has 1 rings (SSSR count). The summed E-state index contributed by atoms with van der Waals surface area (Å²) in [5, 5.41) is 9.29. The number of halogens is 2. The molecule has 0 aliphatic carbocycles. The summed E-state index contributed by atoms with van der Waals surface area (Å²) in [4.78, 5) is 11.3. The van der Waals surface area contributed by atoms with E-state index in [-0.39, 0.29) is 5.56 Å². The standard InChI is InChI=1S/C12H15BrFNO2/c1-12(11(16)17,5-2-6-15)9-4-3-8(13)7-10(9)14/h3-4,7H,2,5-6,15H2,1H3,(H,16,17). The van der Waals surface area contributed by atoms with E-state index in [4.69, 9.17) is 5.73 Å². The zero-order chi connectivity index (χ0) is 13.1. The molecular weight excluding hydrogens is 289 g/mol. The van der Waals surface area contributed by atoms with Crippen LogP contribution in [0.15, 0.2) is 22.7 Å². The molecule has 17 heavy (non-hydrogen) atoms. The SMILES string of the molecule is CC(CCCN)(C(=O)O)c1ccc(Br)cc1F. The maximum atomic E-state index is 13.8. The van der Waals surface area contributed by atoms with Gasteiger partial charge < -0.3 is 10.8 Å². The molecule has 3 N–H and O–H groups in total. The Kier molecular flexibility index (Phi) is 4.65.